The zero-order valence-electron chi connectivity index (χ0n) is 18.8. The van der Waals surface area contributed by atoms with Crippen molar-refractivity contribution in [3.63, 3.8) is 0 Å². The zero-order valence-corrected chi connectivity index (χ0v) is 18.8. The normalized spacial score (nSPS) is 17.4. The second-order valence-electron chi connectivity index (χ2n) is 8.29. The molecule has 174 valence electrons. The molecule has 0 radical (unpaired) electrons. The predicted octanol–water partition coefficient (Wildman–Crippen LogP) is 3.43. The Morgan fingerprint density at radius 2 is 1.79 bits per heavy atom. The molecule has 1 saturated heterocycles. The first-order valence-corrected chi connectivity index (χ1v) is 10.7. The molecule has 1 aliphatic rings. The number of nitrogens with one attached hydrogen (secondary N) is 3. The van der Waals surface area contributed by atoms with Crippen LogP contribution in [-0.2, 0) is 11.2 Å². The highest BCUT2D eigenvalue weighted by Crippen LogP contribution is 2.23. The smallest absolute Gasteiger partial charge is 0.344 e. The van der Waals surface area contributed by atoms with Gasteiger partial charge < -0.3 is 15.1 Å². The highest BCUT2D eigenvalue weighted by molar-refractivity contribution is 6.09. The van der Waals surface area contributed by atoms with Crippen molar-refractivity contribution in [1.82, 2.24) is 15.8 Å². The Kier molecular flexibility index (Phi) is 6.18. The van der Waals surface area contributed by atoms with Gasteiger partial charge >= 0.3 is 6.03 Å². The fraction of sp³-hybridized carbons (Fsp3) is 0.200. The lowest BCUT2D eigenvalue weighted by molar-refractivity contribution is -0.132. The maximum absolute atomic E-state index is 13.0. The van der Waals surface area contributed by atoms with Gasteiger partial charge in [-0.15, -0.1) is 0 Å². The number of carbonyl (C=O) groups is 4. The Morgan fingerprint density at radius 3 is 2.50 bits per heavy atom. The minimum Gasteiger partial charge on any atom is -0.459 e. The summed E-state index contributed by atoms with van der Waals surface area (Å²) in [4.78, 5) is 50.6. The standard InChI is InChI=1S/C25H24N4O5/c1-16-10-11-18(15-19(16)26-22(31)20-9-6-14-34-20)21(30)28-29-23(32)25(2,27-24(29)33)13-12-17-7-4-3-5-8-17/h3-11,14-15H,12-13H2,1-2H3,(H,26,31)(H,27,33)(H,28,30)/t25-/m0/s1. The first kappa shape index (κ1) is 22.8. The van der Waals surface area contributed by atoms with Gasteiger partial charge in [-0.05, 0) is 62.1 Å². The summed E-state index contributed by atoms with van der Waals surface area (Å²) in [6.45, 7) is 3.41. The number of amides is 5. The average molecular weight is 460 g/mol. The van der Waals surface area contributed by atoms with E-state index in [1.54, 1.807) is 32.0 Å². The minimum atomic E-state index is -1.14. The van der Waals surface area contributed by atoms with Gasteiger partial charge in [0, 0.05) is 11.3 Å². The highest BCUT2D eigenvalue weighted by Gasteiger charge is 2.48. The van der Waals surface area contributed by atoms with Gasteiger partial charge in [-0.25, -0.2) is 4.79 Å². The molecule has 0 aliphatic carbocycles. The van der Waals surface area contributed by atoms with Crippen molar-refractivity contribution >= 4 is 29.4 Å². The van der Waals surface area contributed by atoms with Gasteiger partial charge in [0.2, 0.25) is 0 Å². The van der Waals surface area contributed by atoms with Crippen LogP contribution in [0.25, 0.3) is 0 Å². The van der Waals surface area contributed by atoms with Crippen LogP contribution < -0.4 is 16.1 Å². The van der Waals surface area contributed by atoms with Crippen molar-refractivity contribution in [2.24, 2.45) is 0 Å². The SMILES string of the molecule is Cc1ccc(C(=O)NN2C(=O)N[C@@](C)(CCc3ccccc3)C2=O)cc1NC(=O)c1ccco1. The molecule has 34 heavy (non-hydrogen) atoms. The minimum absolute atomic E-state index is 0.128. The third kappa shape index (κ3) is 4.68. The fourth-order valence-electron chi connectivity index (χ4n) is 3.65. The van der Waals surface area contributed by atoms with E-state index in [0.29, 0.717) is 23.5 Å². The van der Waals surface area contributed by atoms with Gasteiger partial charge in [-0.1, -0.05) is 36.4 Å². The number of rotatable bonds is 7. The molecule has 0 bridgehead atoms. The molecule has 2 aromatic carbocycles. The van der Waals surface area contributed by atoms with E-state index in [1.165, 1.54) is 18.4 Å². The number of hydrogen-bond acceptors (Lipinski definition) is 5. The van der Waals surface area contributed by atoms with Crippen molar-refractivity contribution in [3.05, 3.63) is 89.4 Å². The maximum Gasteiger partial charge on any atom is 0.344 e. The topological polar surface area (TPSA) is 121 Å². The van der Waals surface area contributed by atoms with E-state index in [9.17, 15) is 19.2 Å². The summed E-state index contributed by atoms with van der Waals surface area (Å²) in [5.74, 6) is -1.54. The largest absolute Gasteiger partial charge is 0.459 e. The van der Waals surface area contributed by atoms with Crippen molar-refractivity contribution < 1.29 is 23.6 Å². The molecule has 1 aliphatic heterocycles. The van der Waals surface area contributed by atoms with E-state index in [2.05, 4.69) is 16.1 Å². The summed E-state index contributed by atoms with van der Waals surface area (Å²) in [5.41, 5.74) is 3.56. The number of furan rings is 1. The first-order valence-electron chi connectivity index (χ1n) is 10.7. The second kappa shape index (κ2) is 9.22. The van der Waals surface area contributed by atoms with Gasteiger partial charge in [0.1, 0.15) is 5.54 Å². The number of hydrogen-bond donors (Lipinski definition) is 3. The molecule has 5 amide bonds. The van der Waals surface area contributed by atoms with Crippen LogP contribution in [0.3, 0.4) is 0 Å². The number of aryl methyl sites for hydroxylation is 2. The third-order valence-corrected chi connectivity index (χ3v) is 5.72. The summed E-state index contributed by atoms with van der Waals surface area (Å²) >= 11 is 0. The molecule has 3 N–H and O–H groups in total. The average Bonchev–Trinajstić information content (AvgIpc) is 3.44. The molecule has 4 rings (SSSR count). The Balaban J connectivity index is 1.44. The summed E-state index contributed by atoms with van der Waals surface area (Å²) in [5, 5.41) is 6.07. The second-order valence-corrected chi connectivity index (χ2v) is 8.29. The molecular weight excluding hydrogens is 436 g/mol. The number of benzene rings is 2. The van der Waals surface area contributed by atoms with E-state index >= 15 is 0 Å². The van der Waals surface area contributed by atoms with Gasteiger partial charge in [-0.3, -0.25) is 19.8 Å². The molecule has 0 spiro atoms. The first-order chi connectivity index (χ1) is 16.3. The number of nitrogens with zero attached hydrogens (tertiary/aromatic N) is 1. The summed E-state index contributed by atoms with van der Waals surface area (Å²) in [7, 11) is 0. The number of urea groups is 1. The molecule has 3 aromatic rings. The molecule has 0 unspecified atom stereocenters. The number of imide groups is 1. The van der Waals surface area contributed by atoms with Crippen LogP contribution in [0.4, 0.5) is 10.5 Å². The molecule has 0 saturated carbocycles. The number of carbonyl (C=O) groups excluding carboxylic acids is 4. The number of hydrazine groups is 1. The van der Waals surface area contributed by atoms with E-state index in [4.69, 9.17) is 4.42 Å². The maximum atomic E-state index is 13.0. The Morgan fingerprint density at radius 1 is 1.03 bits per heavy atom. The van der Waals surface area contributed by atoms with Crippen molar-refractivity contribution in [2.45, 2.75) is 32.2 Å². The van der Waals surface area contributed by atoms with E-state index in [1.807, 2.05) is 30.3 Å². The molecule has 9 nitrogen and oxygen atoms in total. The van der Waals surface area contributed by atoms with Crippen molar-refractivity contribution in [1.29, 1.82) is 0 Å². The van der Waals surface area contributed by atoms with Gasteiger partial charge in [0.05, 0.1) is 6.26 Å². The van der Waals surface area contributed by atoms with Crippen LogP contribution in [-0.4, -0.2) is 34.3 Å². The molecule has 1 fully saturated rings. The van der Waals surface area contributed by atoms with Crippen LogP contribution in [0.15, 0.2) is 71.3 Å². The van der Waals surface area contributed by atoms with E-state index < -0.39 is 29.3 Å². The summed E-state index contributed by atoms with van der Waals surface area (Å²) in [6, 6.07) is 16.7. The lowest BCUT2D eigenvalue weighted by Crippen LogP contribution is -2.49. The Labute approximate surface area is 196 Å². The Bertz CT molecular complexity index is 1240. The molecule has 9 heteroatoms. The van der Waals surface area contributed by atoms with E-state index in [0.717, 1.165) is 11.1 Å². The quantitative estimate of drug-likeness (QED) is 0.467. The van der Waals surface area contributed by atoms with Gasteiger partial charge in [0.15, 0.2) is 5.76 Å². The lowest BCUT2D eigenvalue weighted by atomic mass is 9.93. The van der Waals surface area contributed by atoms with Crippen LogP contribution >= 0.6 is 0 Å². The summed E-state index contributed by atoms with van der Waals surface area (Å²) in [6.07, 6.45) is 2.35. The Hall–Kier alpha value is -4.40. The lowest BCUT2D eigenvalue weighted by Gasteiger charge is -2.21. The van der Waals surface area contributed by atoms with E-state index in [-0.39, 0.29) is 11.3 Å². The van der Waals surface area contributed by atoms with Gasteiger partial charge in [-0.2, -0.15) is 5.01 Å². The summed E-state index contributed by atoms with van der Waals surface area (Å²) < 4.78 is 5.08. The molecule has 1 atom stereocenters. The highest BCUT2D eigenvalue weighted by atomic mass is 16.3. The predicted molar refractivity (Wildman–Crippen MR) is 124 cm³/mol. The number of anilines is 1. The van der Waals surface area contributed by atoms with Gasteiger partial charge in [0.25, 0.3) is 17.7 Å². The van der Waals surface area contributed by atoms with Crippen molar-refractivity contribution in [3.8, 4) is 0 Å². The third-order valence-electron chi connectivity index (χ3n) is 5.72. The van der Waals surface area contributed by atoms with Crippen molar-refractivity contribution in [2.75, 3.05) is 5.32 Å². The van der Waals surface area contributed by atoms with Crippen LogP contribution in [0.2, 0.25) is 0 Å². The van der Waals surface area contributed by atoms with Crippen LogP contribution in [0.1, 0.15) is 45.4 Å². The van der Waals surface area contributed by atoms with Crippen LogP contribution in [0, 0.1) is 6.92 Å². The monoisotopic (exact) mass is 460 g/mol. The van der Waals surface area contributed by atoms with Crippen LogP contribution in [0.5, 0.6) is 0 Å². The molecule has 2 heterocycles. The zero-order chi connectivity index (χ0) is 24.3. The molecular formula is C25H24N4O5. The molecule has 1 aromatic heterocycles. The fourth-order valence-corrected chi connectivity index (χ4v) is 3.65.